The fraction of sp³-hybridized carbons (Fsp3) is 0.600. The molecule has 1 aromatic carbocycles. The van der Waals surface area contributed by atoms with Crippen molar-refractivity contribution in [3.63, 3.8) is 0 Å². The van der Waals surface area contributed by atoms with Crippen molar-refractivity contribution in [2.75, 3.05) is 19.7 Å². The number of aromatic hydroxyl groups is 1. The summed E-state index contributed by atoms with van der Waals surface area (Å²) in [5.74, 6) is 1.73. The summed E-state index contributed by atoms with van der Waals surface area (Å²) in [7, 11) is 0. The highest BCUT2D eigenvalue weighted by Gasteiger charge is 2.38. The van der Waals surface area contributed by atoms with Crippen molar-refractivity contribution in [3.8, 4) is 11.5 Å². The lowest BCUT2D eigenvalue weighted by Gasteiger charge is -2.44. The molecule has 106 valence electrons. The maximum atomic E-state index is 10.1. The van der Waals surface area contributed by atoms with E-state index in [1.807, 2.05) is 12.1 Å². The molecule has 0 spiro atoms. The zero-order chi connectivity index (χ0) is 12.5. The van der Waals surface area contributed by atoms with Crippen LogP contribution in [0.25, 0.3) is 0 Å². The number of rotatable bonds is 2. The van der Waals surface area contributed by atoms with Gasteiger partial charge in [-0.15, -0.1) is 12.4 Å². The molecule has 2 atom stereocenters. The highest BCUT2D eigenvalue weighted by molar-refractivity contribution is 5.85. The Balaban J connectivity index is 0.00000133. The van der Waals surface area contributed by atoms with Gasteiger partial charge in [-0.25, -0.2) is 0 Å². The monoisotopic (exact) mass is 283 g/mol. The van der Waals surface area contributed by atoms with Crippen LogP contribution in [0, 0.1) is 0 Å². The van der Waals surface area contributed by atoms with Crippen LogP contribution < -0.4 is 4.74 Å². The third-order valence-electron chi connectivity index (χ3n) is 4.23. The van der Waals surface area contributed by atoms with Crippen LogP contribution in [0.4, 0.5) is 0 Å². The Morgan fingerprint density at radius 3 is 3.05 bits per heavy atom. The molecule has 0 bridgehead atoms. The van der Waals surface area contributed by atoms with Gasteiger partial charge in [0.1, 0.15) is 18.1 Å². The van der Waals surface area contributed by atoms with E-state index in [-0.39, 0.29) is 12.4 Å². The maximum absolute atomic E-state index is 10.1. The van der Waals surface area contributed by atoms with Crippen molar-refractivity contribution in [1.82, 2.24) is 4.90 Å². The zero-order valence-electron chi connectivity index (χ0n) is 11.3. The number of phenolic OH excluding ortho intramolecular Hbond substituents is 1. The molecule has 0 unspecified atom stereocenters. The van der Waals surface area contributed by atoms with Crippen LogP contribution in [-0.2, 0) is 0 Å². The second kappa shape index (κ2) is 6.02. The number of ether oxygens (including phenoxy) is 1. The van der Waals surface area contributed by atoms with Crippen molar-refractivity contribution in [2.45, 2.75) is 38.1 Å². The Labute approximate surface area is 121 Å². The number of fused-ring (bicyclic) bond motifs is 3. The first-order valence-corrected chi connectivity index (χ1v) is 7.00. The standard InChI is InChI=1S/C15H21NO2.ClH/c1-2-8-16-9-4-5-11-12(16)10-18-14-7-3-6-13(17)15(11)14;/h3,6-7,11-12,17H,2,4-5,8-10H2,1H3;1H/t11-,12+;/m1./s1. The topological polar surface area (TPSA) is 32.7 Å². The molecule has 2 aliphatic rings. The van der Waals surface area contributed by atoms with Crippen LogP contribution in [0.2, 0.25) is 0 Å². The first kappa shape index (κ1) is 14.5. The molecule has 0 aliphatic carbocycles. The lowest BCUT2D eigenvalue weighted by molar-refractivity contribution is 0.0646. The minimum absolute atomic E-state index is 0. The summed E-state index contributed by atoms with van der Waals surface area (Å²) < 4.78 is 5.85. The number of phenols is 1. The van der Waals surface area contributed by atoms with E-state index >= 15 is 0 Å². The largest absolute Gasteiger partial charge is 0.508 e. The number of likely N-dealkylation sites (tertiary alicyclic amines) is 1. The summed E-state index contributed by atoms with van der Waals surface area (Å²) in [6.45, 7) is 5.29. The van der Waals surface area contributed by atoms with E-state index in [1.54, 1.807) is 6.07 Å². The smallest absolute Gasteiger partial charge is 0.126 e. The Morgan fingerprint density at radius 2 is 2.26 bits per heavy atom. The first-order chi connectivity index (χ1) is 8.81. The quantitative estimate of drug-likeness (QED) is 0.905. The normalized spacial score (nSPS) is 25.7. The Hall–Kier alpha value is -0.930. The highest BCUT2D eigenvalue weighted by atomic mass is 35.5. The zero-order valence-corrected chi connectivity index (χ0v) is 12.2. The molecule has 1 saturated heterocycles. The number of halogens is 1. The summed E-state index contributed by atoms with van der Waals surface area (Å²) in [4.78, 5) is 2.53. The Kier molecular flexibility index (Phi) is 4.58. The van der Waals surface area contributed by atoms with Crippen molar-refractivity contribution in [1.29, 1.82) is 0 Å². The van der Waals surface area contributed by atoms with Crippen LogP contribution in [0.1, 0.15) is 37.7 Å². The molecule has 1 aromatic rings. The molecule has 2 heterocycles. The Bertz CT molecular complexity index is 436. The molecule has 0 radical (unpaired) electrons. The predicted molar refractivity (Wildman–Crippen MR) is 78.5 cm³/mol. The van der Waals surface area contributed by atoms with E-state index in [1.165, 1.54) is 25.8 Å². The van der Waals surface area contributed by atoms with Crippen LogP contribution in [-0.4, -0.2) is 35.7 Å². The third kappa shape index (κ3) is 2.54. The van der Waals surface area contributed by atoms with Gasteiger partial charge in [0.15, 0.2) is 0 Å². The van der Waals surface area contributed by atoms with E-state index in [4.69, 9.17) is 4.74 Å². The minimum atomic E-state index is 0. The van der Waals surface area contributed by atoms with E-state index in [0.29, 0.717) is 17.7 Å². The maximum Gasteiger partial charge on any atom is 0.126 e. The van der Waals surface area contributed by atoms with Gasteiger partial charge in [-0.1, -0.05) is 13.0 Å². The number of nitrogens with zero attached hydrogens (tertiary/aromatic N) is 1. The number of hydrogen-bond acceptors (Lipinski definition) is 3. The summed E-state index contributed by atoms with van der Waals surface area (Å²) in [5.41, 5.74) is 1.04. The lowest BCUT2D eigenvalue weighted by Crippen LogP contribution is -2.49. The molecular weight excluding hydrogens is 262 g/mol. The number of piperidine rings is 1. The molecule has 1 N–H and O–H groups in total. The third-order valence-corrected chi connectivity index (χ3v) is 4.23. The van der Waals surface area contributed by atoms with Crippen LogP contribution >= 0.6 is 12.4 Å². The van der Waals surface area contributed by atoms with Gasteiger partial charge >= 0.3 is 0 Å². The van der Waals surface area contributed by atoms with Gasteiger partial charge in [0.25, 0.3) is 0 Å². The van der Waals surface area contributed by atoms with Gasteiger partial charge in [0.2, 0.25) is 0 Å². The van der Waals surface area contributed by atoms with Crippen LogP contribution in [0.15, 0.2) is 18.2 Å². The summed E-state index contributed by atoms with van der Waals surface area (Å²) in [6, 6.07) is 6.06. The molecule has 0 aromatic heterocycles. The molecule has 2 aliphatic heterocycles. The average Bonchev–Trinajstić information content (AvgIpc) is 2.39. The summed E-state index contributed by atoms with van der Waals surface area (Å²) in [5, 5.41) is 10.1. The van der Waals surface area contributed by atoms with E-state index < -0.39 is 0 Å². The highest BCUT2D eigenvalue weighted by Crippen LogP contribution is 2.45. The molecule has 0 saturated carbocycles. The van der Waals surface area contributed by atoms with Gasteiger partial charge in [-0.2, -0.15) is 0 Å². The average molecular weight is 284 g/mol. The van der Waals surface area contributed by atoms with Gasteiger partial charge in [0, 0.05) is 11.5 Å². The molecule has 1 fully saturated rings. The first-order valence-electron chi connectivity index (χ1n) is 7.00. The van der Waals surface area contributed by atoms with Gasteiger partial charge < -0.3 is 9.84 Å². The van der Waals surface area contributed by atoms with E-state index in [9.17, 15) is 5.11 Å². The fourth-order valence-corrected chi connectivity index (χ4v) is 3.46. The van der Waals surface area contributed by atoms with Crippen molar-refractivity contribution in [2.24, 2.45) is 0 Å². The minimum Gasteiger partial charge on any atom is -0.508 e. The molecule has 3 nitrogen and oxygen atoms in total. The molecule has 3 rings (SSSR count). The van der Waals surface area contributed by atoms with E-state index in [0.717, 1.165) is 24.5 Å². The molecule has 0 amide bonds. The predicted octanol–water partition coefficient (Wildman–Crippen LogP) is 3.16. The molecule has 4 heteroatoms. The molecular formula is C15H22ClNO2. The summed E-state index contributed by atoms with van der Waals surface area (Å²) in [6.07, 6.45) is 3.56. The number of benzene rings is 1. The SMILES string of the molecule is CCCN1CCC[C@H]2c3c(O)cccc3OC[C@@H]21.Cl. The van der Waals surface area contributed by atoms with E-state index in [2.05, 4.69) is 11.8 Å². The van der Waals surface area contributed by atoms with Crippen molar-refractivity contribution in [3.05, 3.63) is 23.8 Å². The van der Waals surface area contributed by atoms with Gasteiger partial charge in [-0.05, 0) is 44.5 Å². The number of hydrogen-bond donors (Lipinski definition) is 1. The second-order valence-electron chi connectivity index (χ2n) is 5.35. The van der Waals surface area contributed by atoms with Crippen LogP contribution in [0.3, 0.4) is 0 Å². The van der Waals surface area contributed by atoms with Crippen LogP contribution in [0.5, 0.6) is 11.5 Å². The fourth-order valence-electron chi connectivity index (χ4n) is 3.46. The Morgan fingerprint density at radius 1 is 1.42 bits per heavy atom. The van der Waals surface area contributed by atoms with Crippen molar-refractivity contribution >= 4 is 12.4 Å². The lowest BCUT2D eigenvalue weighted by atomic mass is 9.81. The summed E-state index contributed by atoms with van der Waals surface area (Å²) >= 11 is 0. The molecule has 19 heavy (non-hydrogen) atoms. The van der Waals surface area contributed by atoms with Gasteiger partial charge in [0.05, 0.1) is 6.04 Å². The second-order valence-corrected chi connectivity index (χ2v) is 5.35. The van der Waals surface area contributed by atoms with Gasteiger partial charge in [-0.3, -0.25) is 4.90 Å². The van der Waals surface area contributed by atoms with Crippen molar-refractivity contribution < 1.29 is 9.84 Å².